The van der Waals surface area contributed by atoms with Gasteiger partial charge in [-0.3, -0.25) is 0 Å². The van der Waals surface area contributed by atoms with E-state index in [1.165, 1.54) is 0 Å². The van der Waals surface area contributed by atoms with Gasteiger partial charge in [0.05, 0.1) is 4.90 Å². The lowest BCUT2D eigenvalue weighted by molar-refractivity contribution is 0.222. The summed E-state index contributed by atoms with van der Waals surface area (Å²) in [6, 6.07) is 15.3. The van der Waals surface area contributed by atoms with Gasteiger partial charge >= 0.3 is 6.03 Å². The molecule has 2 aromatic carbocycles. The van der Waals surface area contributed by atoms with Crippen LogP contribution in [0, 0.1) is 0 Å². The third-order valence-electron chi connectivity index (χ3n) is 4.09. The third-order valence-corrected chi connectivity index (χ3v) is 5.51. The van der Waals surface area contributed by atoms with Crippen LogP contribution >= 0.6 is 0 Å². The Morgan fingerprint density at radius 2 is 1.72 bits per heavy atom. The van der Waals surface area contributed by atoms with E-state index in [9.17, 15) is 13.2 Å². The van der Waals surface area contributed by atoms with Crippen molar-refractivity contribution in [2.24, 2.45) is 0 Å². The minimum Gasteiger partial charge on any atom is -0.325 e. The second-order valence-corrected chi connectivity index (χ2v) is 7.73. The zero-order chi connectivity index (χ0) is 17.7. The molecule has 2 aromatic rings. The Labute approximate surface area is 147 Å². The summed E-state index contributed by atoms with van der Waals surface area (Å²) < 4.78 is 27.1. The molecule has 2 amide bonds. The molecule has 0 saturated carbocycles. The predicted octanol–water partition coefficient (Wildman–Crippen LogP) is 2.79. The Balaban J connectivity index is 1.63. The van der Waals surface area contributed by atoms with Crippen molar-refractivity contribution in [3.05, 3.63) is 60.2 Å². The number of anilines is 1. The fourth-order valence-corrected chi connectivity index (χ4v) is 3.78. The molecule has 1 heterocycles. The van der Waals surface area contributed by atoms with Crippen molar-refractivity contribution in [2.75, 3.05) is 18.4 Å². The number of urea groups is 1. The van der Waals surface area contributed by atoms with Gasteiger partial charge in [-0.25, -0.2) is 17.9 Å². The van der Waals surface area contributed by atoms with Crippen molar-refractivity contribution in [3.63, 3.8) is 0 Å². The number of benzene rings is 2. The van der Waals surface area contributed by atoms with Crippen LogP contribution in [0.1, 0.15) is 18.4 Å². The summed E-state index contributed by atoms with van der Waals surface area (Å²) in [6.07, 6.45) is 2.07. The van der Waals surface area contributed by atoms with Crippen LogP contribution in [0.4, 0.5) is 10.5 Å². The van der Waals surface area contributed by atoms with Crippen LogP contribution in [0.2, 0.25) is 0 Å². The second kappa shape index (κ2) is 7.67. The van der Waals surface area contributed by atoms with Gasteiger partial charge in [0.25, 0.3) is 0 Å². The highest BCUT2D eigenvalue weighted by atomic mass is 32.2. The Bertz CT molecular complexity index is 832. The summed E-state index contributed by atoms with van der Waals surface area (Å²) >= 11 is 0. The van der Waals surface area contributed by atoms with Gasteiger partial charge in [-0.1, -0.05) is 30.3 Å². The van der Waals surface area contributed by atoms with E-state index in [2.05, 4.69) is 10.0 Å². The molecule has 6 nitrogen and oxygen atoms in total. The Morgan fingerprint density at radius 1 is 1.00 bits per heavy atom. The Hall–Kier alpha value is -2.38. The molecule has 0 radical (unpaired) electrons. The van der Waals surface area contributed by atoms with Gasteiger partial charge in [0.2, 0.25) is 10.0 Å². The molecule has 0 bridgehead atoms. The van der Waals surface area contributed by atoms with Crippen LogP contribution in [0.15, 0.2) is 59.5 Å². The average Bonchev–Trinajstić information content (AvgIpc) is 3.16. The van der Waals surface area contributed by atoms with E-state index in [-0.39, 0.29) is 17.5 Å². The summed E-state index contributed by atoms with van der Waals surface area (Å²) in [5.41, 5.74) is 1.44. The maximum Gasteiger partial charge on any atom is 0.321 e. The van der Waals surface area contributed by atoms with Crippen molar-refractivity contribution in [2.45, 2.75) is 24.3 Å². The first-order valence-corrected chi connectivity index (χ1v) is 9.72. The van der Waals surface area contributed by atoms with Crippen molar-refractivity contribution in [3.8, 4) is 0 Å². The maximum absolute atomic E-state index is 12.3. The molecule has 0 unspecified atom stereocenters. The Kier molecular flexibility index (Phi) is 5.35. The summed E-state index contributed by atoms with van der Waals surface area (Å²) in [5, 5.41) is 2.86. The van der Waals surface area contributed by atoms with Crippen molar-refractivity contribution < 1.29 is 13.2 Å². The van der Waals surface area contributed by atoms with Crippen LogP contribution in [-0.2, 0) is 16.6 Å². The van der Waals surface area contributed by atoms with Gasteiger partial charge in [-0.05, 0) is 42.7 Å². The van der Waals surface area contributed by atoms with Crippen LogP contribution in [-0.4, -0.2) is 32.4 Å². The van der Waals surface area contributed by atoms with E-state index in [1.54, 1.807) is 53.4 Å². The molecule has 0 aliphatic carbocycles. The molecular formula is C18H21N3O3S. The monoisotopic (exact) mass is 359 g/mol. The van der Waals surface area contributed by atoms with E-state index in [0.717, 1.165) is 31.5 Å². The zero-order valence-electron chi connectivity index (χ0n) is 13.8. The molecule has 0 atom stereocenters. The zero-order valence-corrected chi connectivity index (χ0v) is 14.6. The highest BCUT2D eigenvalue weighted by Crippen LogP contribution is 2.15. The number of nitrogens with one attached hydrogen (secondary N) is 2. The van der Waals surface area contributed by atoms with E-state index in [1.807, 2.05) is 6.07 Å². The lowest BCUT2D eigenvalue weighted by Crippen LogP contribution is -2.32. The first-order valence-electron chi connectivity index (χ1n) is 8.24. The van der Waals surface area contributed by atoms with Crippen LogP contribution in [0.25, 0.3) is 0 Å². The molecule has 1 aliphatic heterocycles. The molecule has 25 heavy (non-hydrogen) atoms. The van der Waals surface area contributed by atoms with Gasteiger partial charge in [0.15, 0.2) is 0 Å². The standard InChI is InChI=1S/C18H21N3O3S/c22-18(21-11-4-5-12-21)20-16-8-6-7-15(13-16)14-19-25(23,24)17-9-2-1-3-10-17/h1-3,6-10,13,19H,4-5,11-12,14H2,(H,20,22). The minimum atomic E-state index is -3.55. The highest BCUT2D eigenvalue weighted by molar-refractivity contribution is 7.89. The molecule has 0 aromatic heterocycles. The first-order chi connectivity index (χ1) is 12.0. The number of carbonyl (C=O) groups is 1. The largest absolute Gasteiger partial charge is 0.325 e. The van der Waals surface area contributed by atoms with Gasteiger partial charge < -0.3 is 10.2 Å². The third kappa shape index (κ3) is 4.58. The van der Waals surface area contributed by atoms with Gasteiger partial charge in [-0.2, -0.15) is 0 Å². The quantitative estimate of drug-likeness (QED) is 0.862. The number of amides is 2. The number of nitrogens with zero attached hydrogens (tertiary/aromatic N) is 1. The molecule has 1 fully saturated rings. The van der Waals surface area contributed by atoms with E-state index in [4.69, 9.17) is 0 Å². The summed E-state index contributed by atoms with van der Waals surface area (Å²) in [6.45, 7) is 1.72. The second-order valence-electron chi connectivity index (χ2n) is 5.96. The summed E-state index contributed by atoms with van der Waals surface area (Å²) in [4.78, 5) is 14.1. The van der Waals surface area contributed by atoms with Crippen LogP contribution in [0.5, 0.6) is 0 Å². The van der Waals surface area contributed by atoms with Crippen LogP contribution < -0.4 is 10.0 Å². The number of hydrogen-bond donors (Lipinski definition) is 2. The number of carbonyl (C=O) groups excluding carboxylic acids is 1. The summed E-state index contributed by atoms with van der Waals surface area (Å²) in [7, 11) is -3.55. The van der Waals surface area contributed by atoms with E-state index >= 15 is 0 Å². The normalized spacial score (nSPS) is 14.5. The lowest BCUT2D eigenvalue weighted by Gasteiger charge is -2.16. The van der Waals surface area contributed by atoms with E-state index < -0.39 is 10.0 Å². The fraction of sp³-hybridized carbons (Fsp3) is 0.278. The molecule has 132 valence electrons. The smallest absolute Gasteiger partial charge is 0.321 e. The van der Waals surface area contributed by atoms with Crippen molar-refractivity contribution in [1.82, 2.24) is 9.62 Å². The van der Waals surface area contributed by atoms with Crippen LogP contribution in [0.3, 0.4) is 0 Å². The lowest BCUT2D eigenvalue weighted by atomic mass is 10.2. The number of rotatable bonds is 5. The molecule has 1 saturated heterocycles. The molecule has 3 rings (SSSR count). The summed E-state index contributed by atoms with van der Waals surface area (Å²) in [5.74, 6) is 0. The Morgan fingerprint density at radius 3 is 2.44 bits per heavy atom. The average molecular weight is 359 g/mol. The number of hydrogen-bond acceptors (Lipinski definition) is 3. The van der Waals surface area contributed by atoms with E-state index in [0.29, 0.717) is 5.69 Å². The molecule has 1 aliphatic rings. The van der Waals surface area contributed by atoms with Crippen molar-refractivity contribution >= 4 is 21.7 Å². The van der Waals surface area contributed by atoms with Gasteiger partial charge in [0.1, 0.15) is 0 Å². The molecule has 0 spiro atoms. The highest BCUT2D eigenvalue weighted by Gasteiger charge is 2.18. The first kappa shape index (κ1) is 17.4. The maximum atomic E-state index is 12.3. The SMILES string of the molecule is O=C(Nc1cccc(CNS(=O)(=O)c2ccccc2)c1)N1CCCC1. The topological polar surface area (TPSA) is 78.5 Å². The van der Waals surface area contributed by atoms with Gasteiger partial charge in [0, 0.05) is 25.3 Å². The molecular weight excluding hydrogens is 338 g/mol. The fourth-order valence-electron chi connectivity index (χ4n) is 2.74. The number of sulfonamides is 1. The molecule has 7 heteroatoms. The molecule has 2 N–H and O–H groups in total. The van der Waals surface area contributed by atoms with Crippen molar-refractivity contribution in [1.29, 1.82) is 0 Å². The van der Waals surface area contributed by atoms with Gasteiger partial charge in [-0.15, -0.1) is 0 Å². The number of likely N-dealkylation sites (tertiary alicyclic amines) is 1. The predicted molar refractivity (Wildman–Crippen MR) is 96.7 cm³/mol. The minimum absolute atomic E-state index is 0.112.